The van der Waals surface area contributed by atoms with Crippen LogP contribution in [0.4, 0.5) is 5.88 Å². The Bertz CT molecular complexity index is 1010. The van der Waals surface area contributed by atoms with Crippen LogP contribution in [0.5, 0.6) is 17.2 Å². The predicted molar refractivity (Wildman–Crippen MR) is 128 cm³/mol. The SMILES string of the molecule is COc1ccc(CC2CCCCC2)cc1-c1cc(NSc2c(OC)cccc2OC)on1. The van der Waals surface area contributed by atoms with Crippen LogP contribution in [0.25, 0.3) is 11.3 Å². The van der Waals surface area contributed by atoms with Gasteiger partial charge < -0.3 is 18.7 Å². The Balaban J connectivity index is 1.51. The van der Waals surface area contributed by atoms with Crippen molar-refractivity contribution in [2.24, 2.45) is 5.92 Å². The molecule has 0 amide bonds. The summed E-state index contributed by atoms with van der Waals surface area (Å²) in [5.41, 5.74) is 3.00. The second kappa shape index (κ2) is 10.7. The Morgan fingerprint density at radius 3 is 2.34 bits per heavy atom. The molecule has 1 aliphatic carbocycles. The van der Waals surface area contributed by atoms with E-state index in [1.54, 1.807) is 21.3 Å². The van der Waals surface area contributed by atoms with Crippen molar-refractivity contribution < 1.29 is 18.7 Å². The average molecular weight is 455 g/mol. The van der Waals surface area contributed by atoms with E-state index in [-0.39, 0.29) is 0 Å². The third kappa shape index (κ3) is 5.15. The molecule has 0 unspecified atom stereocenters. The second-order valence-electron chi connectivity index (χ2n) is 8.01. The van der Waals surface area contributed by atoms with Gasteiger partial charge in [-0.25, -0.2) is 0 Å². The van der Waals surface area contributed by atoms with Crippen molar-refractivity contribution in [2.45, 2.75) is 43.4 Å². The average Bonchev–Trinajstić information content (AvgIpc) is 3.32. The molecular weight excluding hydrogens is 424 g/mol. The zero-order valence-electron chi connectivity index (χ0n) is 18.8. The Kier molecular flexibility index (Phi) is 7.47. The van der Waals surface area contributed by atoms with Crippen molar-refractivity contribution in [3.8, 4) is 28.5 Å². The first-order valence-corrected chi connectivity index (χ1v) is 11.8. The van der Waals surface area contributed by atoms with Gasteiger partial charge in [0.05, 0.1) is 21.3 Å². The molecule has 1 aromatic heterocycles. The van der Waals surface area contributed by atoms with E-state index >= 15 is 0 Å². The van der Waals surface area contributed by atoms with E-state index in [9.17, 15) is 0 Å². The van der Waals surface area contributed by atoms with Crippen LogP contribution in [0.1, 0.15) is 37.7 Å². The number of nitrogens with zero attached hydrogens (tertiary/aromatic N) is 1. The molecule has 1 N–H and O–H groups in total. The van der Waals surface area contributed by atoms with Gasteiger partial charge in [-0.15, -0.1) is 0 Å². The minimum Gasteiger partial charge on any atom is -0.496 e. The number of anilines is 1. The minimum atomic E-state index is 0.540. The lowest BCUT2D eigenvalue weighted by Crippen LogP contribution is -2.09. The van der Waals surface area contributed by atoms with E-state index in [1.165, 1.54) is 49.6 Å². The maximum Gasteiger partial charge on any atom is 0.235 e. The molecule has 32 heavy (non-hydrogen) atoms. The number of ether oxygens (including phenoxy) is 3. The molecule has 0 saturated heterocycles. The lowest BCUT2D eigenvalue weighted by molar-refractivity contribution is 0.356. The summed E-state index contributed by atoms with van der Waals surface area (Å²) in [5.74, 6) is 3.54. The van der Waals surface area contributed by atoms with E-state index in [2.05, 4.69) is 22.0 Å². The molecule has 7 heteroatoms. The van der Waals surface area contributed by atoms with Gasteiger partial charge in [0.1, 0.15) is 27.8 Å². The topological polar surface area (TPSA) is 65.8 Å². The molecule has 0 atom stereocenters. The predicted octanol–water partition coefficient (Wildman–Crippen LogP) is 6.61. The van der Waals surface area contributed by atoms with Gasteiger partial charge in [0, 0.05) is 11.6 Å². The smallest absolute Gasteiger partial charge is 0.235 e. The van der Waals surface area contributed by atoms with Crippen molar-refractivity contribution in [3.63, 3.8) is 0 Å². The van der Waals surface area contributed by atoms with E-state index in [1.807, 2.05) is 30.3 Å². The van der Waals surface area contributed by atoms with Gasteiger partial charge in [-0.2, -0.15) is 0 Å². The van der Waals surface area contributed by atoms with Crippen LogP contribution in [0.2, 0.25) is 0 Å². The summed E-state index contributed by atoms with van der Waals surface area (Å²) in [4.78, 5) is 0.836. The largest absolute Gasteiger partial charge is 0.496 e. The molecular formula is C25H30N2O4S. The van der Waals surface area contributed by atoms with Gasteiger partial charge in [-0.05, 0) is 54.1 Å². The van der Waals surface area contributed by atoms with Gasteiger partial charge >= 0.3 is 0 Å². The molecule has 6 nitrogen and oxygen atoms in total. The van der Waals surface area contributed by atoms with Crippen LogP contribution in [0.15, 0.2) is 51.9 Å². The number of methoxy groups -OCH3 is 3. The standard InChI is InChI=1S/C25H30N2O4S/c1-28-21-13-12-18(14-17-8-5-4-6-9-17)15-19(21)20-16-24(31-26-20)27-32-25-22(29-2)10-7-11-23(25)30-3/h7,10-13,15-17,27H,4-6,8-9,14H2,1-3H3. The number of rotatable bonds is 9. The molecule has 0 bridgehead atoms. The van der Waals surface area contributed by atoms with Gasteiger partial charge in [0.15, 0.2) is 0 Å². The Morgan fingerprint density at radius 2 is 1.66 bits per heavy atom. The minimum absolute atomic E-state index is 0.540. The van der Waals surface area contributed by atoms with Gasteiger partial charge in [0.2, 0.25) is 5.88 Å². The van der Waals surface area contributed by atoms with Crippen LogP contribution < -0.4 is 18.9 Å². The van der Waals surface area contributed by atoms with E-state index in [0.29, 0.717) is 5.88 Å². The van der Waals surface area contributed by atoms with Crippen molar-refractivity contribution >= 4 is 17.8 Å². The zero-order valence-corrected chi connectivity index (χ0v) is 19.7. The fourth-order valence-corrected chi connectivity index (χ4v) is 5.08. The lowest BCUT2D eigenvalue weighted by Gasteiger charge is -2.21. The molecule has 3 aromatic rings. The number of nitrogens with one attached hydrogen (secondary N) is 1. The van der Waals surface area contributed by atoms with Gasteiger partial charge in [0.25, 0.3) is 0 Å². The summed E-state index contributed by atoms with van der Waals surface area (Å²) in [6.07, 6.45) is 7.81. The van der Waals surface area contributed by atoms with Crippen molar-refractivity contribution in [3.05, 3.63) is 48.0 Å². The summed E-state index contributed by atoms with van der Waals surface area (Å²) in [7, 11) is 4.96. The molecule has 1 heterocycles. The molecule has 170 valence electrons. The second-order valence-corrected chi connectivity index (χ2v) is 8.83. The van der Waals surface area contributed by atoms with Crippen molar-refractivity contribution in [1.82, 2.24) is 5.16 Å². The molecule has 0 aliphatic heterocycles. The Hall–Kier alpha value is -2.80. The molecule has 2 aromatic carbocycles. The monoisotopic (exact) mass is 454 g/mol. The van der Waals surface area contributed by atoms with Crippen LogP contribution in [-0.4, -0.2) is 26.5 Å². The molecule has 1 aliphatic rings. The third-order valence-corrected chi connectivity index (χ3v) is 6.85. The summed E-state index contributed by atoms with van der Waals surface area (Å²) >= 11 is 1.36. The zero-order chi connectivity index (χ0) is 22.3. The highest BCUT2D eigenvalue weighted by Gasteiger charge is 2.18. The highest BCUT2D eigenvalue weighted by atomic mass is 32.2. The summed E-state index contributed by atoms with van der Waals surface area (Å²) < 4.78 is 25.3. The van der Waals surface area contributed by atoms with Crippen molar-refractivity contribution in [2.75, 3.05) is 26.1 Å². The number of hydrogen-bond donors (Lipinski definition) is 1. The van der Waals surface area contributed by atoms with Gasteiger partial charge in [-0.1, -0.05) is 49.4 Å². The lowest BCUT2D eigenvalue weighted by atomic mass is 9.84. The summed E-state index contributed by atoms with van der Waals surface area (Å²) in [6.45, 7) is 0. The van der Waals surface area contributed by atoms with Crippen LogP contribution in [0.3, 0.4) is 0 Å². The third-order valence-electron chi connectivity index (χ3n) is 5.94. The van der Waals surface area contributed by atoms with Crippen LogP contribution >= 0.6 is 11.9 Å². The molecule has 1 saturated carbocycles. The van der Waals surface area contributed by atoms with Gasteiger partial charge in [-0.3, -0.25) is 4.72 Å². The van der Waals surface area contributed by atoms with Crippen molar-refractivity contribution in [1.29, 1.82) is 0 Å². The highest BCUT2D eigenvalue weighted by Crippen LogP contribution is 2.39. The fraction of sp³-hybridized carbons (Fsp3) is 0.400. The summed E-state index contributed by atoms with van der Waals surface area (Å²) in [6, 6.07) is 13.9. The van der Waals surface area contributed by atoms with E-state index in [0.717, 1.165) is 45.7 Å². The van der Waals surface area contributed by atoms with E-state index < -0.39 is 0 Å². The van der Waals surface area contributed by atoms with Crippen LogP contribution in [0, 0.1) is 5.92 Å². The summed E-state index contributed by atoms with van der Waals surface area (Å²) in [5, 5.41) is 4.29. The fourth-order valence-electron chi connectivity index (χ4n) is 4.28. The molecule has 4 rings (SSSR count). The first kappa shape index (κ1) is 22.4. The Morgan fingerprint density at radius 1 is 0.938 bits per heavy atom. The maximum atomic E-state index is 5.60. The number of benzene rings is 2. The first-order valence-electron chi connectivity index (χ1n) is 11.0. The molecule has 0 spiro atoms. The number of aromatic nitrogens is 1. The first-order chi connectivity index (χ1) is 15.7. The maximum absolute atomic E-state index is 5.60. The Labute approximate surface area is 193 Å². The van der Waals surface area contributed by atoms with Crippen LogP contribution in [-0.2, 0) is 6.42 Å². The van der Waals surface area contributed by atoms with E-state index in [4.69, 9.17) is 18.7 Å². The molecule has 0 radical (unpaired) electrons. The molecule has 1 fully saturated rings. The number of hydrogen-bond acceptors (Lipinski definition) is 7. The quantitative estimate of drug-likeness (QED) is 0.365. The highest BCUT2D eigenvalue weighted by molar-refractivity contribution is 8.00. The normalized spacial score (nSPS) is 14.2.